The summed E-state index contributed by atoms with van der Waals surface area (Å²) < 4.78 is 0. The van der Waals surface area contributed by atoms with Crippen LogP contribution in [0.25, 0.3) is 0 Å². The summed E-state index contributed by atoms with van der Waals surface area (Å²) in [4.78, 5) is 4.04. The summed E-state index contributed by atoms with van der Waals surface area (Å²) in [6, 6.07) is 4.28. The monoisotopic (exact) mass is 216 g/mol. The van der Waals surface area contributed by atoms with Crippen molar-refractivity contribution in [2.75, 3.05) is 13.2 Å². The number of aliphatic hydroxyl groups is 1. The van der Waals surface area contributed by atoms with Crippen molar-refractivity contribution < 1.29 is 5.11 Å². The molecule has 0 aromatic carbocycles. The molecule has 0 aliphatic rings. The number of aliphatic hydroxyl groups excluding tert-OH is 1. The lowest BCUT2D eigenvalue weighted by Gasteiger charge is -2.12. The fourth-order valence-electron chi connectivity index (χ4n) is 1.15. The van der Waals surface area contributed by atoms with E-state index in [1.54, 1.807) is 6.20 Å². The Labute approximate surface area is 91.0 Å². The molecule has 1 rings (SSSR count). The molecule has 0 bridgehead atoms. The molecule has 1 aromatic heterocycles. The molecule has 0 aliphatic carbocycles. The number of hydrogen-bond donors (Lipinski definition) is 2. The Bertz CT molecular complexity index is 231. The van der Waals surface area contributed by atoms with Crippen LogP contribution in [0.5, 0.6) is 0 Å². The van der Waals surface area contributed by atoms with E-state index in [0.717, 1.165) is 13.0 Å². The summed E-state index contributed by atoms with van der Waals surface area (Å²) >= 11 is 0. The number of hydrogen-bond acceptors (Lipinski definition) is 3. The van der Waals surface area contributed by atoms with E-state index < -0.39 is 0 Å². The molecule has 0 amide bonds. The molecule has 0 saturated heterocycles. The van der Waals surface area contributed by atoms with Crippen LogP contribution >= 0.6 is 12.4 Å². The minimum Gasteiger partial charge on any atom is -0.396 e. The molecular formula is C10H17ClN2O. The van der Waals surface area contributed by atoms with Gasteiger partial charge in [0.15, 0.2) is 0 Å². The highest BCUT2D eigenvalue weighted by Crippen LogP contribution is 2.08. The van der Waals surface area contributed by atoms with Crippen LogP contribution in [0, 0.1) is 0 Å². The number of nitrogens with one attached hydrogen (secondary N) is 1. The quantitative estimate of drug-likeness (QED) is 0.734. The maximum Gasteiger partial charge on any atom is 0.0443 e. The van der Waals surface area contributed by atoms with Gasteiger partial charge in [0.05, 0.1) is 0 Å². The molecule has 0 aliphatic heterocycles. The van der Waals surface area contributed by atoms with E-state index >= 15 is 0 Å². The SMILES string of the molecule is CC(NCCCO)c1cccnc1.Cl. The predicted octanol–water partition coefficient (Wildman–Crippen LogP) is 1.54. The molecule has 1 aromatic rings. The van der Waals surface area contributed by atoms with Gasteiger partial charge in [0.1, 0.15) is 0 Å². The maximum atomic E-state index is 8.60. The van der Waals surface area contributed by atoms with Crippen molar-refractivity contribution in [2.45, 2.75) is 19.4 Å². The standard InChI is InChI=1S/C10H16N2O.ClH/c1-9(12-6-3-7-13)10-4-2-5-11-8-10;/h2,4-5,8-9,12-13H,3,6-7H2,1H3;1H. The number of halogens is 1. The minimum absolute atomic E-state index is 0. The first-order chi connectivity index (χ1) is 6.34. The van der Waals surface area contributed by atoms with Gasteiger partial charge >= 0.3 is 0 Å². The van der Waals surface area contributed by atoms with Crippen LogP contribution in [-0.2, 0) is 0 Å². The summed E-state index contributed by atoms with van der Waals surface area (Å²) in [5.41, 5.74) is 1.18. The van der Waals surface area contributed by atoms with Gasteiger partial charge in [0, 0.05) is 25.0 Å². The van der Waals surface area contributed by atoms with Crippen LogP contribution in [0.2, 0.25) is 0 Å². The second kappa shape index (κ2) is 7.74. The molecule has 0 saturated carbocycles. The molecule has 1 atom stereocenters. The van der Waals surface area contributed by atoms with E-state index in [4.69, 9.17) is 5.11 Å². The van der Waals surface area contributed by atoms with Gasteiger partial charge in [0.2, 0.25) is 0 Å². The first kappa shape index (κ1) is 13.4. The highest BCUT2D eigenvalue weighted by molar-refractivity contribution is 5.85. The van der Waals surface area contributed by atoms with Gasteiger partial charge in [-0.25, -0.2) is 0 Å². The Kier molecular flexibility index (Phi) is 7.38. The lowest BCUT2D eigenvalue weighted by molar-refractivity contribution is 0.284. The third-order valence-corrected chi connectivity index (χ3v) is 1.97. The normalized spacial score (nSPS) is 11.9. The fourth-order valence-corrected chi connectivity index (χ4v) is 1.15. The summed E-state index contributed by atoms with van der Waals surface area (Å²) in [7, 11) is 0. The van der Waals surface area contributed by atoms with Crippen LogP contribution in [0.3, 0.4) is 0 Å². The second-order valence-electron chi connectivity index (χ2n) is 3.04. The zero-order chi connectivity index (χ0) is 9.52. The van der Waals surface area contributed by atoms with Gasteiger partial charge in [-0.15, -0.1) is 12.4 Å². The molecular weight excluding hydrogens is 200 g/mol. The molecule has 14 heavy (non-hydrogen) atoms. The van der Waals surface area contributed by atoms with Crippen molar-refractivity contribution in [2.24, 2.45) is 0 Å². The Morgan fingerprint density at radius 2 is 2.36 bits per heavy atom. The zero-order valence-corrected chi connectivity index (χ0v) is 9.13. The van der Waals surface area contributed by atoms with Crippen LogP contribution in [0.15, 0.2) is 24.5 Å². The molecule has 3 nitrogen and oxygen atoms in total. The smallest absolute Gasteiger partial charge is 0.0443 e. The van der Waals surface area contributed by atoms with Crippen molar-refractivity contribution >= 4 is 12.4 Å². The molecule has 4 heteroatoms. The highest BCUT2D eigenvalue weighted by atomic mass is 35.5. The average molecular weight is 217 g/mol. The number of rotatable bonds is 5. The lowest BCUT2D eigenvalue weighted by Crippen LogP contribution is -2.20. The molecule has 1 heterocycles. The summed E-state index contributed by atoms with van der Waals surface area (Å²) in [5, 5.41) is 11.9. The van der Waals surface area contributed by atoms with Crippen LogP contribution in [-0.4, -0.2) is 23.2 Å². The summed E-state index contributed by atoms with van der Waals surface area (Å²) in [6.45, 7) is 3.17. The van der Waals surface area contributed by atoms with E-state index in [2.05, 4.69) is 17.2 Å². The lowest BCUT2D eigenvalue weighted by atomic mass is 10.1. The topological polar surface area (TPSA) is 45.1 Å². The zero-order valence-electron chi connectivity index (χ0n) is 8.31. The van der Waals surface area contributed by atoms with Gasteiger partial charge in [-0.3, -0.25) is 4.98 Å². The van der Waals surface area contributed by atoms with E-state index in [9.17, 15) is 0 Å². The molecule has 2 N–H and O–H groups in total. The third kappa shape index (κ3) is 4.56. The molecule has 0 spiro atoms. The Morgan fingerprint density at radius 1 is 1.57 bits per heavy atom. The van der Waals surface area contributed by atoms with E-state index in [1.165, 1.54) is 5.56 Å². The van der Waals surface area contributed by atoms with Crippen LogP contribution in [0.1, 0.15) is 24.9 Å². The van der Waals surface area contributed by atoms with E-state index in [1.807, 2.05) is 18.3 Å². The van der Waals surface area contributed by atoms with Crippen molar-refractivity contribution in [1.29, 1.82) is 0 Å². The van der Waals surface area contributed by atoms with Crippen LogP contribution in [0.4, 0.5) is 0 Å². The van der Waals surface area contributed by atoms with Crippen molar-refractivity contribution in [3.8, 4) is 0 Å². The second-order valence-corrected chi connectivity index (χ2v) is 3.04. The average Bonchev–Trinajstić information content (AvgIpc) is 2.19. The molecule has 0 fully saturated rings. The number of aromatic nitrogens is 1. The first-order valence-electron chi connectivity index (χ1n) is 4.58. The number of pyridine rings is 1. The number of nitrogens with zero attached hydrogens (tertiary/aromatic N) is 1. The Balaban J connectivity index is 0.00000169. The third-order valence-electron chi connectivity index (χ3n) is 1.97. The van der Waals surface area contributed by atoms with Gasteiger partial charge in [0.25, 0.3) is 0 Å². The van der Waals surface area contributed by atoms with Crippen molar-refractivity contribution in [3.05, 3.63) is 30.1 Å². The molecule has 0 radical (unpaired) electrons. The Hall–Kier alpha value is -0.640. The van der Waals surface area contributed by atoms with Crippen LogP contribution < -0.4 is 5.32 Å². The summed E-state index contributed by atoms with van der Waals surface area (Å²) in [6.07, 6.45) is 4.42. The van der Waals surface area contributed by atoms with Gasteiger partial charge in [-0.1, -0.05) is 6.07 Å². The van der Waals surface area contributed by atoms with E-state index in [0.29, 0.717) is 6.04 Å². The largest absolute Gasteiger partial charge is 0.396 e. The fraction of sp³-hybridized carbons (Fsp3) is 0.500. The van der Waals surface area contributed by atoms with Crippen molar-refractivity contribution in [3.63, 3.8) is 0 Å². The maximum absolute atomic E-state index is 8.60. The molecule has 1 unspecified atom stereocenters. The predicted molar refractivity (Wildman–Crippen MR) is 59.6 cm³/mol. The Morgan fingerprint density at radius 3 is 2.93 bits per heavy atom. The summed E-state index contributed by atoms with van der Waals surface area (Å²) in [5.74, 6) is 0. The van der Waals surface area contributed by atoms with Crippen molar-refractivity contribution in [1.82, 2.24) is 10.3 Å². The van der Waals surface area contributed by atoms with E-state index in [-0.39, 0.29) is 19.0 Å². The first-order valence-corrected chi connectivity index (χ1v) is 4.58. The minimum atomic E-state index is 0. The highest BCUT2D eigenvalue weighted by Gasteiger charge is 2.02. The molecule has 80 valence electrons. The van der Waals surface area contributed by atoms with Gasteiger partial charge < -0.3 is 10.4 Å². The van der Waals surface area contributed by atoms with Gasteiger partial charge in [-0.2, -0.15) is 0 Å². The van der Waals surface area contributed by atoms with Gasteiger partial charge in [-0.05, 0) is 31.5 Å².